The summed E-state index contributed by atoms with van der Waals surface area (Å²) in [5.74, 6) is -0.112. The van der Waals surface area contributed by atoms with E-state index in [1.54, 1.807) is 25.1 Å². The van der Waals surface area contributed by atoms with Gasteiger partial charge in [-0.25, -0.2) is 0 Å². The van der Waals surface area contributed by atoms with Crippen molar-refractivity contribution in [3.63, 3.8) is 0 Å². The van der Waals surface area contributed by atoms with E-state index < -0.39 is 6.10 Å². The molecule has 0 bridgehead atoms. The molecule has 0 saturated carbocycles. The smallest absolute Gasteiger partial charge is 0.268 e. The molecule has 1 aromatic rings. The standard InChI is InChI=1S/C17H22N2O4/c1-4-5-8-18-16(21)10-19-14-9-13(11(2)20)6-7-15(14)23-12(3)17(19)22/h6-7,9,12H,4-5,8,10H2,1-3H3,(H,18,21). The fraction of sp³-hybridized carbons (Fsp3) is 0.471. The third kappa shape index (κ3) is 3.88. The Kier molecular flexibility index (Phi) is 5.36. The minimum Gasteiger partial charge on any atom is -0.479 e. The Bertz CT molecular complexity index is 627. The second kappa shape index (κ2) is 7.26. The van der Waals surface area contributed by atoms with Crippen LogP contribution < -0.4 is 15.0 Å². The number of carbonyl (C=O) groups excluding carboxylic acids is 3. The highest BCUT2D eigenvalue weighted by atomic mass is 16.5. The van der Waals surface area contributed by atoms with E-state index in [1.807, 2.05) is 6.92 Å². The summed E-state index contributed by atoms with van der Waals surface area (Å²) in [6.45, 7) is 5.65. The third-order valence-electron chi connectivity index (χ3n) is 3.73. The molecule has 1 atom stereocenters. The van der Waals surface area contributed by atoms with Crippen LogP contribution in [0.1, 0.15) is 44.0 Å². The number of nitrogens with one attached hydrogen (secondary N) is 1. The molecule has 2 amide bonds. The first kappa shape index (κ1) is 17.0. The Morgan fingerprint density at radius 1 is 1.35 bits per heavy atom. The van der Waals surface area contributed by atoms with Crippen LogP contribution in [0.25, 0.3) is 0 Å². The van der Waals surface area contributed by atoms with Crippen LogP contribution >= 0.6 is 0 Å². The maximum Gasteiger partial charge on any atom is 0.268 e. The Labute approximate surface area is 135 Å². The van der Waals surface area contributed by atoms with Gasteiger partial charge in [-0.2, -0.15) is 0 Å². The first-order valence-electron chi connectivity index (χ1n) is 7.83. The molecule has 0 radical (unpaired) electrons. The molecule has 1 unspecified atom stereocenters. The number of carbonyl (C=O) groups is 3. The van der Waals surface area contributed by atoms with E-state index >= 15 is 0 Å². The molecule has 1 N–H and O–H groups in total. The van der Waals surface area contributed by atoms with E-state index in [0.717, 1.165) is 12.8 Å². The molecule has 0 aliphatic carbocycles. The Hall–Kier alpha value is -2.37. The monoisotopic (exact) mass is 318 g/mol. The van der Waals surface area contributed by atoms with Gasteiger partial charge < -0.3 is 10.1 Å². The van der Waals surface area contributed by atoms with Crippen molar-refractivity contribution in [2.75, 3.05) is 18.0 Å². The molecule has 1 heterocycles. The van der Waals surface area contributed by atoms with Gasteiger partial charge in [0.1, 0.15) is 12.3 Å². The van der Waals surface area contributed by atoms with Crippen LogP contribution in [0, 0.1) is 0 Å². The molecule has 1 aliphatic heterocycles. The molecule has 0 aromatic heterocycles. The SMILES string of the molecule is CCCCNC(=O)CN1C(=O)C(C)Oc2ccc(C(C)=O)cc21. The van der Waals surface area contributed by atoms with Crippen molar-refractivity contribution in [2.24, 2.45) is 0 Å². The lowest BCUT2D eigenvalue weighted by Crippen LogP contribution is -2.49. The predicted octanol–water partition coefficient (Wildman–Crippen LogP) is 1.92. The van der Waals surface area contributed by atoms with Gasteiger partial charge in [-0.15, -0.1) is 0 Å². The summed E-state index contributed by atoms with van der Waals surface area (Å²) in [4.78, 5) is 37.4. The van der Waals surface area contributed by atoms with Crippen molar-refractivity contribution >= 4 is 23.3 Å². The first-order valence-corrected chi connectivity index (χ1v) is 7.83. The number of ether oxygens (including phenoxy) is 1. The zero-order valence-corrected chi connectivity index (χ0v) is 13.7. The van der Waals surface area contributed by atoms with Gasteiger partial charge in [0, 0.05) is 12.1 Å². The van der Waals surface area contributed by atoms with Gasteiger partial charge in [0.2, 0.25) is 5.91 Å². The topological polar surface area (TPSA) is 75.7 Å². The number of rotatable bonds is 6. The molecule has 23 heavy (non-hydrogen) atoms. The number of amides is 2. The molecule has 1 aliphatic rings. The molecular weight excluding hydrogens is 296 g/mol. The summed E-state index contributed by atoms with van der Waals surface area (Å²) in [6.07, 6.45) is 1.22. The number of nitrogens with zero attached hydrogens (tertiary/aromatic N) is 1. The normalized spacial score (nSPS) is 16.6. The largest absolute Gasteiger partial charge is 0.479 e. The predicted molar refractivity (Wildman–Crippen MR) is 86.8 cm³/mol. The van der Waals surface area contributed by atoms with E-state index in [4.69, 9.17) is 4.74 Å². The highest BCUT2D eigenvalue weighted by Crippen LogP contribution is 2.34. The fourth-order valence-electron chi connectivity index (χ4n) is 2.39. The fourth-order valence-corrected chi connectivity index (χ4v) is 2.39. The molecular formula is C17H22N2O4. The quantitative estimate of drug-likeness (QED) is 0.642. The van der Waals surface area contributed by atoms with Gasteiger partial charge in [0.15, 0.2) is 11.9 Å². The van der Waals surface area contributed by atoms with E-state index in [9.17, 15) is 14.4 Å². The van der Waals surface area contributed by atoms with Crippen LogP contribution in [-0.4, -0.2) is 36.8 Å². The number of unbranched alkanes of at least 4 members (excludes halogenated alkanes) is 1. The lowest BCUT2D eigenvalue weighted by molar-refractivity contribution is -0.128. The van der Waals surface area contributed by atoms with Crippen LogP contribution in [0.2, 0.25) is 0 Å². The van der Waals surface area contributed by atoms with Crippen molar-refractivity contribution in [1.29, 1.82) is 0 Å². The Balaban J connectivity index is 2.24. The first-order chi connectivity index (χ1) is 10.9. The minimum absolute atomic E-state index is 0.0788. The zero-order valence-electron chi connectivity index (χ0n) is 13.7. The molecule has 6 heteroatoms. The van der Waals surface area contributed by atoms with E-state index in [0.29, 0.717) is 23.5 Å². The van der Waals surface area contributed by atoms with Gasteiger partial charge in [-0.3, -0.25) is 19.3 Å². The summed E-state index contributed by atoms with van der Waals surface area (Å²) in [6, 6.07) is 4.92. The second-order valence-electron chi connectivity index (χ2n) is 5.63. The third-order valence-corrected chi connectivity index (χ3v) is 3.73. The van der Waals surface area contributed by atoms with E-state index in [2.05, 4.69) is 5.32 Å². The lowest BCUT2D eigenvalue weighted by Gasteiger charge is -2.32. The van der Waals surface area contributed by atoms with Crippen molar-refractivity contribution < 1.29 is 19.1 Å². The molecule has 0 fully saturated rings. The highest BCUT2D eigenvalue weighted by Gasteiger charge is 2.33. The Morgan fingerprint density at radius 3 is 2.74 bits per heavy atom. The van der Waals surface area contributed by atoms with Crippen molar-refractivity contribution in [1.82, 2.24) is 5.32 Å². The minimum atomic E-state index is -0.658. The summed E-state index contributed by atoms with van der Waals surface area (Å²) >= 11 is 0. The van der Waals surface area contributed by atoms with Crippen molar-refractivity contribution in [2.45, 2.75) is 39.7 Å². The van der Waals surface area contributed by atoms with E-state index in [-0.39, 0.29) is 24.1 Å². The summed E-state index contributed by atoms with van der Waals surface area (Å²) in [5, 5.41) is 2.79. The summed E-state index contributed by atoms with van der Waals surface area (Å²) in [7, 11) is 0. The number of Topliss-reactive ketones (excluding diaryl/α,β-unsaturated/α-hetero) is 1. The summed E-state index contributed by atoms with van der Waals surface area (Å²) in [5.41, 5.74) is 0.942. The molecule has 0 saturated heterocycles. The van der Waals surface area contributed by atoms with Gasteiger partial charge in [0.05, 0.1) is 5.69 Å². The lowest BCUT2D eigenvalue weighted by atomic mass is 10.1. The number of fused-ring (bicyclic) bond motifs is 1. The number of ketones is 1. The van der Waals surface area contributed by atoms with Crippen molar-refractivity contribution in [3.05, 3.63) is 23.8 Å². The molecule has 6 nitrogen and oxygen atoms in total. The second-order valence-corrected chi connectivity index (χ2v) is 5.63. The maximum atomic E-state index is 12.4. The van der Waals surface area contributed by atoms with Gasteiger partial charge in [-0.05, 0) is 38.5 Å². The summed E-state index contributed by atoms with van der Waals surface area (Å²) < 4.78 is 5.55. The van der Waals surface area contributed by atoms with Crippen molar-refractivity contribution in [3.8, 4) is 5.75 Å². The van der Waals surface area contributed by atoms with Crippen LogP contribution in [-0.2, 0) is 9.59 Å². The number of hydrogen-bond acceptors (Lipinski definition) is 4. The van der Waals surface area contributed by atoms with Gasteiger partial charge in [0.25, 0.3) is 5.91 Å². The highest BCUT2D eigenvalue weighted by molar-refractivity contribution is 6.05. The number of anilines is 1. The van der Waals surface area contributed by atoms with Crippen LogP contribution in [0.4, 0.5) is 5.69 Å². The van der Waals surface area contributed by atoms with Crippen LogP contribution in [0.3, 0.4) is 0 Å². The average Bonchev–Trinajstić information content (AvgIpc) is 2.51. The van der Waals surface area contributed by atoms with Gasteiger partial charge in [-0.1, -0.05) is 13.3 Å². The molecule has 2 rings (SSSR count). The van der Waals surface area contributed by atoms with Gasteiger partial charge >= 0.3 is 0 Å². The molecule has 0 spiro atoms. The zero-order chi connectivity index (χ0) is 17.0. The van der Waals surface area contributed by atoms with Crippen LogP contribution in [0.15, 0.2) is 18.2 Å². The number of hydrogen-bond donors (Lipinski definition) is 1. The maximum absolute atomic E-state index is 12.4. The average molecular weight is 318 g/mol. The molecule has 124 valence electrons. The Morgan fingerprint density at radius 2 is 2.09 bits per heavy atom. The van der Waals surface area contributed by atoms with E-state index in [1.165, 1.54) is 11.8 Å². The van der Waals surface area contributed by atoms with Crippen LogP contribution in [0.5, 0.6) is 5.75 Å². The number of benzene rings is 1. The molecule has 1 aromatic carbocycles.